The summed E-state index contributed by atoms with van der Waals surface area (Å²) < 4.78 is 16.2. The van der Waals surface area contributed by atoms with Crippen LogP contribution >= 0.6 is 27.5 Å². The average molecular weight is 421 g/mol. The number of benzene rings is 1. The van der Waals surface area contributed by atoms with Gasteiger partial charge < -0.3 is 13.6 Å². The largest absolute Gasteiger partial charge is 0.463 e. The number of aliphatic imine (C=N–C) groups is 1. The molecule has 1 aromatic carbocycles. The summed E-state index contributed by atoms with van der Waals surface area (Å²) in [5, 5.41) is 0.723. The predicted octanol–water partition coefficient (Wildman–Crippen LogP) is 4.15. The number of carbonyl (C=O) groups excluding carboxylic acids is 1. The third-order valence-corrected chi connectivity index (χ3v) is 4.12. The molecule has 1 aliphatic heterocycles. The molecule has 1 aliphatic rings. The van der Waals surface area contributed by atoms with Crippen LogP contribution in [0.1, 0.15) is 11.3 Å². The van der Waals surface area contributed by atoms with E-state index in [1.807, 2.05) is 0 Å². The van der Waals surface area contributed by atoms with Gasteiger partial charge in [0.2, 0.25) is 0 Å². The first kappa shape index (κ1) is 15.9. The quantitative estimate of drug-likeness (QED) is 0.459. The van der Waals surface area contributed by atoms with E-state index in [0.717, 1.165) is 0 Å². The van der Waals surface area contributed by atoms with E-state index in [1.54, 1.807) is 24.3 Å². The van der Waals surface area contributed by atoms with Gasteiger partial charge in [-0.25, -0.2) is 9.79 Å². The highest BCUT2D eigenvalue weighted by atomic mass is 79.9. The van der Waals surface area contributed by atoms with Crippen molar-refractivity contribution < 1.29 is 18.4 Å². The molecule has 2 aromatic heterocycles. The summed E-state index contributed by atoms with van der Waals surface area (Å²) in [5.74, 6) is -0.371. The van der Waals surface area contributed by atoms with E-state index < -0.39 is 5.97 Å². The maximum Gasteiger partial charge on any atom is 0.363 e. The lowest BCUT2D eigenvalue weighted by Crippen LogP contribution is -2.07. The second-order valence-corrected chi connectivity index (χ2v) is 6.32. The van der Waals surface area contributed by atoms with Crippen LogP contribution in [0.15, 0.2) is 65.6 Å². The monoisotopic (exact) mass is 419 g/mol. The van der Waals surface area contributed by atoms with Gasteiger partial charge in [0, 0.05) is 5.02 Å². The Morgan fingerprint density at radius 1 is 1.16 bits per heavy atom. The smallest absolute Gasteiger partial charge is 0.363 e. The SMILES string of the molecule is O=C1OC(c2ccc(Br)o2)=N/C1=C\c1coc2ccc(Cl)cc2c1=O. The highest BCUT2D eigenvalue weighted by molar-refractivity contribution is 9.10. The van der Waals surface area contributed by atoms with Gasteiger partial charge in [0.25, 0.3) is 5.90 Å². The van der Waals surface area contributed by atoms with Crippen LogP contribution in [0.4, 0.5) is 0 Å². The molecule has 0 bridgehead atoms. The van der Waals surface area contributed by atoms with Crippen molar-refractivity contribution >= 4 is 56.4 Å². The summed E-state index contributed by atoms with van der Waals surface area (Å²) in [4.78, 5) is 28.6. The van der Waals surface area contributed by atoms with Gasteiger partial charge in [-0.1, -0.05) is 11.6 Å². The lowest BCUT2D eigenvalue weighted by molar-refractivity contribution is -0.130. The zero-order valence-electron chi connectivity index (χ0n) is 12.3. The minimum Gasteiger partial charge on any atom is -0.463 e. The number of cyclic esters (lactones) is 1. The van der Waals surface area contributed by atoms with Crippen LogP contribution in [-0.2, 0) is 9.53 Å². The van der Waals surface area contributed by atoms with Crippen molar-refractivity contribution in [2.24, 2.45) is 4.99 Å². The summed E-state index contributed by atoms with van der Waals surface area (Å²) in [5.41, 5.74) is 0.201. The molecule has 4 rings (SSSR count). The molecular weight excluding hydrogens is 414 g/mol. The summed E-state index contributed by atoms with van der Waals surface area (Å²) >= 11 is 9.08. The minimum absolute atomic E-state index is 0.0233. The van der Waals surface area contributed by atoms with Gasteiger partial charge in [-0.2, -0.15) is 0 Å². The average Bonchev–Trinajstić information content (AvgIpc) is 3.17. The minimum atomic E-state index is -0.687. The lowest BCUT2D eigenvalue weighted by atomic mass is 10.1. The Kier molecular flexibility index (Phi) is 3.82. The van der Waals surface area contributed by atoms with E-state index >= 15 is 0 Å². The number of rotatable bonds is 2. The van der Waals surface area contributed by atoms with E-state index in [2.05, 4.69) is 20.9 Å². The van der Waals surface area contributed by atoms with Gasteiger partial charge in [-0.3, -0.25) is 4.79 Å². The third-order valence-electron chi connectivity index (χ3n) is 3.46. The molecule has 0 unspecified atom stereocenters. The van der Waals surface area contributed by atoms with Crippen LogP contribution in [0.25, 0.3) is 17.0 Å². The van der Waals surface area contributed by atoms with E-state index in [0.29, 0.717) is 26.4 Å². The Labute approximate surface area is 153 Å². The fourth-order valence-electron chi connectivity index (χ4n) is 2.31. The van der Waals surface area contributed by atoms with Crippen LogP contribution in [0, 0.1) is 0 Å². The van der Waals surface area contributed by atoms with Crippen molar-refractivity contribution in [3.8, 4) is 0 Å². The molecule has 8 heteroatoms. The second-order valence-electron chi connectivity index (χ2n) is 5.10. The number of carbonyl (C=O) groups is 1. The summed E-state index contributed by atoms with van der Waals surface area (Å²) in [7, 11) is 0. The molecule has 0 radical (unpaired) electrons. The van der Waals surface area contributed by atoms with Crippen molar-refractivity contribution in [1.82, 2.24) is 0 Å². The summed E-state index contributed by atoms with van der Waals surface area (Å²) in [6.07, 6.45) is 2.56. The van der Waals surface area contributed by atoms with Crippen molar-refractivity contribution in [3.05, 3.63) is 73.5 Å². The number of furan rings is 1. The number of halogens is 2. The molecule has 0 saturated carbocycles. The predicted molar refractivity (Wildman–Crippen MR) is 94.5 cm³/mol. The topological polar surface area (TPSA) is 82.0 Å². The molecule has 0 atom stereocenters. The number of nitrogens with zero attached hydrogens (tertiary/aromatic N) is 1. The number of hydrogen-bond acceptors (Lipinski definition) is 6. The summed E-state index contributed by atoms with van der Waals surface area (Å²) in [6, 6.07) is 7.98. The van der Waals surface area contributed by atoms with E-state index in [4.69, 9.17) is 25.2 Å². The number of hydrogen-bond donors (Lipinski definition) is 0. The summed E-state index contributed by atoms with van der Waals surface area (Å²) in [6.45, 7) is 0. The molecule has 0 saturated heterocycles. The second kappa shape index (κ2) is 6.02. The third kappa shape index (κ3) is 2.92. The lowest BCUT2D eigenvalue weighted by Gasteiger charge is -1.99. The van der Waals surface area contributed by atoms with Crippen molar-refractivity contribution in [2.75, 3.05) is 0 Å². The molecule has 0 spiro atoms. The maximum absolute atomic E-state index is 12.5. The molecule has 0 fully saturated rings. The van der Waals surface area contributed by atoms with Crippen LogP contribution in [0.2, 0.25) is 5.02 Å². The Bertz CT molecular complexity index is 1140. The molecule has 0 amide bonds. The Balaban J connectivity index is 1.79. The van der Waals surface area contributed by atoms with E-state index in [-0.39, 0.29) is 22.6 Å². The highest BCUT2D eigenvalue weighted by Crippen LogP contribution is 2.23. The van der Waals surface area contributed by atoms with Gasteiger partial charge in [0.15, 0.2) is 21.6 Å². The fraction of sp³-hybridized carbons (Fsp3) is 0. The standard InChI is InChI=1S/C17H7BrClNO5/c18-14-4-3-13(24-14)16-20-11(17(22)25-16)5-8-7-23-12-2-1-9(19)6-10(12)15(8)21/h1-7H/b11-5-. The van der Waals surface area contributed by atoms with Gasteiger partial charge in [0.05, 0.1) is 10.9 Å². The molecular formula is C17H7BrClNO5. The highest BCUT2D eigenvalue weighted by Gasteiger charge is 2.26. The van der Waals surface area contributed by atoms with E-state index in [9.17, 15) is 9.59 Å². The van der Waals surface area contributed by atoms with Crippen molar-refractivity contribution in [3.63, 3.8) is 0 Å². The number of ether oxygens (including phenoxy) is 1. The molecule has 0 N–H and O–H groups in total. The van der Waals surface area contributed by atoms with Gasteiger partial charge in [-0.15, -0.1) is 0 Å². The van der Waals surface area contributed by atoms with Crippen LogP contribution in [0.3, 0.4) is 0 Å². The molecule has 3 aromatic rings. The van der Waals surface area contributed by atoms with Gasteiger partial charge in [-0.05, 0) is 52.3 Å². The molecule has 0 aliphatic carbocycles. The number of fused-ring (bicyclic) bond motifs is 1. The zero-order chi connectivity index (χ0) is 17.6. The molecule has 25 heavy (non-hydrogen) atoms. The first-order valence-electron chi connectivity index (χ1n) is 7.00. The van der Waals surface area contributed by atoms with Gasteiger partial charge >= 0.3 is 5.97 Å². The molecule has 124 valence electrons. The van der Waals surface area contributed by atoms with Crippen molar-refractivity contribution in [1.29, 1.82) is 0 Å². The first-order chi connectivity index (χ1) is 12.0. The maximum atomic E-state index is 12.5. The van der Waals surface area contributed by atoms with Crippen LogP contribution < -0.4 is 5.43 Å². The fourth-order valence-corrected chi connectivity index (χ4v) is 2.79. The Morgan fingerprint density at radius 2 is 2.00 bits per heavy atom. The van der Waals surface area contributed by atoms with Crippen LogP contribution in [0.5, 0.6) is 0 Å². The Morgan fingerprint density at radius 3 is 2.76 bits per heavy atom. The number of esters is 1. The van der Waals surface area contributed by atoms with Gasteiger partial charge in [0.1, 0.15) is 11.8 Å². The Hall–Kier alpha value is -2.64. The normalized spacial score (nSPS) is 15.7. The van der Waals surface area contributed by atoms with E-state index in [1.165, 1.54) is 18.4 Å². The molecule has 6 nitrogen and oxygen atoms in total. The zero-order valence-corrected chi connectivity index (χ0v) is 14.6. The van der Waals surface area contributed by atoms with Crippen LogP contribution in [-0.4, -0.2) is 11.9 Å². The molecule has 3 heterocycles. The first-order valence-corrected chi connectivity index (χ1v) is 8.18. The van der Waals surface area contributed by atoms with Crippen molar-refractivity contribution in [2.45, 2.75) is 0 Å².